The lowest BCUT2D eigenvalue weighted by molar-refractivity contribution is -0.139. The van der Waals surface area contributed by atoms with E-state index in [0.29, 0.717) is 37.3 Å². The molecule has 2 saturated carbocycles. The highest BCUT2D eigenvalue weighted by molar-refractivity contribution is 5.97. The Hall–Kier alpha value is -6.66. The van der Waals surface area contributed by atoms with Gasteiger partial charge in [0, 0.05) is 62.1 Å². The maximum atomic E-state index is 15.2. The van der Waals surface area contributed by atoms with Crippen molar-refractivity contribution in [1.29, 1.82) is 0 Å². The van der Waals surface area contributed by atoms with Gasteiger partial charge in [-0.05, 0) is 163 Å². The van der Waals surface area contributed by atoms with Crippen molar-refractivity contribution in [2.24, 2.45) is 11.8 Å². The van der Waals surface area contributed by atoms with E-state index in [1.165, 1.54) is 12.1 Å². The maximum Gasteiger partial charge on any atom is 0.254 e. The Kier molecular flexibility index (Phi) is 26.7. The molecule has 4 aromatic rings. The van der Waals surface area contributed by atoms with Crippen LogP contribution < -0.4 is 31.9 Å². The van der Waals surface area contributed by atoms with Crippen LogP contribution in [-0.2, 0) is 19.2 Å². The van der Waals surface area contributed by atoms with Crippen LogP contribution in [0.4, 0.5) is 8.78 Å². The average molecular weight is 1200 g/mol. The van der Waals surface area contributed by atoms with Gasteiger partial charge in [0.15, 0.2) is 0 Å². The van der Waals surface area contributed by atoms with Gasteiger partial charge in [-0.2, -0.15) is 0 Å². The van der Waals surface area contributed by atoms with Crippen molar-refractivity contribution in [2.75, 3.05) is 40.3 Å². The van der Waals surface area contributed by atoms with E-state index in [2.05, 4.69) is 41.9 Å². The lowest BCUT2D eigenvalue weighted by Gasteiger charge is -2.35. The number of aromatic nitrogens is 2. The second kappa shape index (κ2) is 34.2. The highest BCUT2D eigenvalue weighted by atomic mass is 19.1. The van der Waals surface area contributed by atoms with E-state index in [1.807, 2.05) is 21.9 Å². The molecular formula is C69H98F2N10O6. The van der Waals surface area contributed by atoms with Crippen molar-refractivity contribution in [1.82, 2.24) is 51.7 Å². The van der Waals surface area contributed by atoms with E-state index < -0.39 is 47.6 Å². The number of hydrogen-bond donors (Lipinski definition) is 6. The van der Waals surface area contributed by atoms with Crippen LogP contribution >= 0.6 is 0 Å². The molecule has 16 nitrogen and oxygen atoms in total. The molecule has 0 radical (unpaired) electrons. The minimum absolute atomic E-state index is 0. The van der Waals surface area contributed by atoms with Crippen LogP contribution in [0.3, 0.4) is 0 Å². The number of likely N-dealkylation sites (tertiary alicyclic amines) is 2. The summed E-state index contributed by atoms with van der Waals surface area (Å²) in [5.41, 5.74) is 4.42. The number of hydrogen-bond acceptors (Lipinski definition) is 10. The van der Waals surface area contributed by atoms with Crippen LogP contribution in [0.15, 0.2) is 73.3 Å². The van der Waals surface area contributed by atoms with Gasteiger partial charge in [0.2, 0.25) is 23.6 Å². The van der Waals surface area contributed by atoms with E-state index >= 15 is 8.78 Å². The number of unbranched alkanes of at least 4 members (excludes halogenated alkanes) is 9. The predicted molar refractivity (Wildman–Crippen MR) is 338 cm³/mol. The first-order valence-corrected chi connectivity index (χ1v) is 32.4. The molecule has 6 atom stereocenters. The van der Waals surface area contributed by atoms with Crippen molar-refractivity contribution >= 4 is 35.4 Å². The molecule has 2 aromatic heterocycles. The number of pyridine rings is 2. The fraction of sp³-hybridized carbons (Fsp3) is 0.594. The number of benzene rings is 2. The molecule has 18 heteroatoms. The molecule has 2 aliphatic carbocycles. The Labute approximate surface area is 515 Å². The quantitative estimate of drug-likeness (QED) is 0.0284. The number of halogens is 2. The average Bonchev–Trinajstić information content (AvgIpc) is 2.35. The summed E-state index contributed by atoms with van der Waals surface area (Å²) in [5.74, 6) is -2.45. The smallest absolute Gasteiger partial charge is 0.254 e. The molecular weight excluding hydrogens is 1100 g/mol. The molecule has 2 aromatic carbocycles. The summed E-state index contributed by atoms with van der Waals surface area (Å²) >= 11 is 0. The van der Waals surface area contributed by atoms with Crippen LogP contribution in [0.2, 0.25) is 0 Å². The number of carbonyl (C=O) groups is 6. The molecule has 2 aliphatic heterocycles. The van der Waals surface area contributed by atoms with Crippen LogP contribution in [0.5, 0.6) is 0 Å². The van der Waals surface area contributed by atoms with Gasteiger partial charge < -0.3 is 41.7 Å². The minimum Gasteiger partial charge on any atom is -0.352 e. The van der Waals surface area contributed by atoms with Gasteiger partial charge >= 0.3 is 0 Å². The van der Waals surface area contributed by atoms with Gasteiger partial charge in [0.05, 0.1) is 35.3 Å². The lowest BCUT2D eigenvalue weighted by Crippen LogP contribution is -2.55. The molecule has 474 valence electrons. The predicted octanol–water partition coefficient (Wildman–Crippen LogP) is 11.5. The molecule has 4 heterocycles. The van der Waals surface area contributed by atoms with E-state index in [0.717, 1.165) is 176 Å². The first-order chi connectivity index (χ1) is 41.8. The summed E-state index contributed by atoms with van der Waals surface area (Å²) in [5, 5.41) is 18.0. The zero-order valence-electron chi connectivity index (χ0n) is 51.3. The number of likely N-dealkylation sites (N-methyl/N-ethyl adjacent to an activating group) is 2. The van der Waals surface area contributed by atoms with E-state index in [-0.39, 0.29) is 66.1 Å². The largest absolute Gasteiger partial charge is 0.352 e. The first-order valence-electron chi connectivity index (χ1n) is 32.4. The Morgan fingerprint density at radius 1 is 0.483 bits per heavy atom. The van der Waals surface area contributed by atoms with Crippen LogP contribution in [0.1, 0.15) is 219 Å². The third-order valence-corrected chi connectivity index (χ3v) is 18.6. The van der Waals surface area contributed by atoms with Crippen LogP contribution in [0, 0.1) is 23.5 Å². The van der Waals surface area contributed by atoms with Crippen LogP contribution in [-0.4, -0.2) is 120 Å². The summed E-state index contributed by atoms with van der Waals surface area (Å²) in [6.45, 7) is 5.63. The van der Waals surface area contributed by atoms with E-state index in [1.54, 1.807) is 77.0 Å². The minimum atomic E-state index is -0.600. The second-order valence-corrected chi connectivity index (χ2v) is 24.6. The number of amides is 6. The van der Waals surface area contributed by atoms with Gasteiger partial charge in [-0.1, -0.05) is 109 Å². The molecule has 6 N–H and O–H groups in total. The first kappa shape index (κ1) is 67.8. The third-order valence-electron chi connectivity index (χ3n) is 18.6. The fourth-order valence-electron chi connectivity index (χ4n) is 13.2. The summed E-state index contributed by atoms with van der Waals surface area (Å²) < 4.78 is 30.4. The Morgan fingerprint density at radius 2 is 0.851 bits per heavy atom. The highest BCUT2D eigenvalue weighted by Crippen LogP contribution is 2.39. The van der Waals surface area contributed by atoms with E-state index in [9.17, 15) is 28.8 Å². The third kappa shape index (κ3) is 18.5. The Balaban J connectivity index is 0.0000108. The van der Waals surface area contributed by atoms with Crippen molar-refractivity contribution in [3.63, 3.8) is 0 Å². The summed E-state index contributed by atoms with van der Waals surface area (Å²) in [7, 11) is 3.47. The number of nitrogens with zero attached hydrogens (tertiary/aromatic N) is 4. The molecule has 0 unspecified atom stereocenters. The normalized spacial score (nSPS) is 18.7. The zero-order valence-corrected chi connectivity index (χ0v) is 51.3. The SMILES string of the molecule is C.CN[C@@H](C)C(=O)N[C@H](C(=O)N1CCC[C@H]1c1cncc(-c2ccc(F)c(C(=O)NCCCCCCCCCCCCNC(=O)c3cc(-c4cncc([C@@H]5CCCN5C(=O)[C@@H](NC(=O)[C@H](C)NC)C5CCCCC5)c4)ccc3F)c2)c1)C1CCCCC1. The second-order valence-electron chi connectivity index (χ2n) is 24.6. The summed E-state index contributed by atoms with van der Waals surface area (Å²) in [4.78, 5) is 94.3. The standard InChI is InChI=1S/C68H94F2N10O6.CH4/c1-45(71-3)63(81)77-61(47-23-15-13-16-24-47)67(85)79-35-21-27-59(79)53-37-51(41-73-43-53)49-29-31-57(69)55(39-49)65(83)75-33-19-11-9-7-5-6-8-10-12-20-34-76-66(84)56-40-50(30-32-58(56)70)52-38-54(44-74-42-52)60-28-22-36-80(60)68(86)62(48-25-17-14-18-26-48)78-64(82)46(2)72-4;/h29-32,37-48,59-62,71-72H,5-28,33-36H2,1-4H3,(H,75,83)(H,76,84)(H,77,81)(H,78,82);1H4/t45-,46-,59-,60-,61-,62-;/m0./s1. The van der Waals surface area contributed by atoms with Gasteiger partial charge in [-0.3, -0.25) is 38.7 Å². The topological polar surface area (TPSA) is 207 Å². The van der Waals surface area contributed by atoms with Crippen molar-refractivity contribution in [3.8, 4) is 22.3 Å². The molecule has 6 amide bonds. The molecule has 87 heavy (non-hydrogen) atoms. The van der Waals surface area contributed by atoms with Gasteiger partial charge in [0.25, 0.3) is 11.8 Å². The van der Waals surface area contributed by atoms with Crippen molar-refractivity contribution < 1.29 is 37.5 Å². The summed E-state index contributed by atoms with van der Waals surface area (Å²) in [6, 6.07) is 10.5. The zero-order chi connectivity index (χ0) is 61.0. The van der Waals surface area contributed by atoms with Crippen LogP contribution in [0.25, 0.3) is 22.3 Å². The maximum absolute atomic E-state index is 15.2. The summed E-state index contributed by atoms with van der Waals surface area (Å²) in [6.07, 6.45) is 30.0. The van der Waals surface area contributed by atoms with Gasteiger partial charge in [-0.25, -0.2) is 8.78 Å². The number of carbonyl (C=O) groups excluding carboxylic acids is 6. The number of nitrogens with one attached hydrogen (secondary N) is 6. The van der Waals surface area contributed by atoms with Gasteiger partial charge in [-0.15, -0.1) is 0 Å². The Bertz CT molecular complexity index is 2720. The molecule has 0 bridgehead atoms. The molecule has 0 spiro atoms. The lowest BCUT2D eigenvalue weighted by atomic mass is 9.83. The fourth-order valence-corrected chi connectivity index (χ4v) is 13.2. The molecule has 4 aliphatic rings. The van der Waals surface area contributed by atoms with Gasteiger partial charge in [0.1, 0.15) is 23.7 Å². The molecule has 8 rings (SSSR count). The van der Waals surface area contributed by atoms with Crippen molar-refractivity contribution in [2.45, 2.75) is 212 Å². The number of rotatable bonds is 29. The highest BCUT2D eigenvalue weighted by Gasteiger charge is 2.41. The van der Waals surface area contributed by atoms with Crippen molar-refractivity contribution in [3.05, 3.63) is 107 Å². The monoisotopic (exact) mass is 1200 g/mol. The molecule has 2 saturated heterocycles. The Morgan fingerprint density at radius 3 is 1.22 bits per heavy atom. The van der Waals surface area contributed by atoms with E-state index in [4.69, 9.17) is 0 Å². The molecule has 4 fully saturated rings.